The molecule has 0 bridgehead atoms. The first kappa shape index (κ1) is 24.2. The molecule has 0 aliphatic rings. The molecule has 0 radical (unpaired) electrons. The fourth-order valence-corrected chi connectivity index (χ4v) is 3.59. The Bertz CT molecular complexity index is 860. The van der Waals surface area contributed by atoms with Crippen LogP contribution in [0, 0.1) is 17.3 Å². The van der Waals surface area contributed by atoms with Gasteiger partial charge in [0.2, 0.25) is 0 Å². The molecular weight excluding hydrogens is 384 g/mol. The van der Waals surface area contributed by atoms with Gasteiger partial charge in [-0.15, -0.1) is 0 Å². The molecule has 1 heterocycles. The third-order valence-electron chi connectivity index (χ3n) is 4.67. The van der Waals surface area contributed by atoms with E-state index in [9.17, 15) is 0 Å². The molecule has 2 rings (SSSR count). The topological polar surface area (TPSA) is 15.3 Å². The van der Waals surface area contributed by atoms with Crippen molar-refractivity contribution in [3.05, 3.63) is 64.9 Å². The number of thiophene rings is 1. The zero-order chi connectivity index (χ0) is 21.8. The standard InChI is InChI=1S/C27H36N2S/c1-6-29(18-9-7-8-16-27(3,4)5)19-17-28-23(2)13-14-24-11-10-12-25(21-24)26-15-20-30-22-26/h7,9-15,20-23,28H,6,17-19H2,1-5H3. The predicted molar refractivity (Wildman–Crippen MR) is 135 cm³/mol. The number of nitrogens with zero attached hydrogens (tertiary/aromatic N) is 1. The van der Waals surface area contributed by atoms with Crippen LogP contribution in [0.1, 0.15) is 40.2 Å². The maximum absolute atomic E-state index is 3.60. The highest BCUT2D eigenvalue weighted by atomic mass is 32.1. The largest absolute Gasteiger partial charge is 0.310 e. The number of benzene rings is 1. The number of likely N-dealkylation sites (N-methyl/N-ethyl adjacent to an activating group) is 1. The Hall–Kier alpha value is -2.12. The van der Waals surface area contributed by atoms with Crippen molar-refractivity contribution in [1.29, 1.82) is 0 Å². The van der Waals surface area contributed by atoms with Gasteiger partial charge in [-0.25, -0.2) is 0 Å². The highest BCUT2D eigenvalue weighted by Crippen LogP contribution is 2.23. The first-order valence-corrected chi connectivity index (χ1v) is 11.8. The van der Waals surface area contributed by atoms with Crippen LogP contribution in [-0.4, -0.2) is 37.1 Å². The molecule has 1 unspecified atom stereocenters. The molecule has 0 amide bonds. The molecule has 1 atom stereocenters. The molecule has 0 aliphatic heterocycles. The smallest absolute Gasteiger partial charge is 0.0233 e. The Morgan fingerprint density at radius 3 is 2.73 bits per heavy atom. The molecule has 0 fully saturated rings. The molecule has 1 aromatic carbocycles. The minimum absolute atomic E-state index is 0.0631. The molecule has 1 N–H and O–H groups in total. The second-order valence-electron chi connectivity index (χ2n) is 8.55. The third kappa shape index (κ3) is 9.59. The van der Waals surface area contributed by atoms with Gasteiger partial charge in [0.05, 0.1) is 0 Å². The predicted octanol–water partition coefficient (Wildman–Crippen LogP) is 6.33. The lowest BCUT2D eigenvalue weighted by Crippen LogP contribution is -2.35. The Kier molecular flexibility index (Phi) is 10.1. The number of nitrogens with one attached hydrogen (secondary N) is 1. The van der Waals surface area contributed by atoms with Crippen LogP contribution in [0.2, 0.25) is 0 Å². The van der Waals surface area contributed by atoms with Crippen molar-refractivity contribution in [2.75, 3.05) is 26.2 Å². The van der Waals surface area contributed by atoms with E-state index in [1.165, 1.54) is 16.7 Å². The van der Waals surface area contributed by atoms with Gasteiger partial charge in [-0.1, -0.05) is 55.2 Å². The van der Waals surface area contributed by atoms with Gasteiger partial charge in [0.25, 0.3) is 0 Å². The van der Waals surface area contributed by atoms with E-state index in [4.69, 9.17) is 0 Å². The van der Waals surface area contributed by atoms with E-state index in [-0.39, 0.29) is 5.41 Å². The first-order chi connectivity index (χ1) is 14.4. The van der Waals surface area contributed by atoms with Gasteiger partial charge in [-0.2, -0.15) is 11.3 Å². The van der Waals surface area contributed by atoms with Gasteiger partial charge in [0.15, 0.2) is 0 Å². The normalized spacial score (nSPS) is 13.1. The summed E-state index contributed by atoms with van der Waals surface area (Å²) in [5.74, 6) is 6.38. The second kappa shape index (κ2) is 12.5. The van der Waals surface area contributed by atoms with Crippen LogP contribution < -0.4 is 5.32 Å². The molecule has 0 saturated heterocycles. The summed E-state index contributed by atoms with van der Waals surface area (Å²) in [5, 5.41) is 7.92. The Morgan fingerprint density at radius 1 is 1.20 bits per heavy atom. The summed E-state index contributed by atoms with van der Waals surface area (Å²) >= 11 is 1.74. The highest BCUT2D eigenvalue weighted by molar-refractivity contribution is 7.08. The molecule has 3 heteroatoms. The average molecular weight is 421 g/mol. The monoisotopic (exact) mass is 420 g/mol. The number of rotatable bonds is 10. The minimum Gasteiger partial charge on any atom is -0.310 e. The highest BCUT2D eigenvalue weighted by Gasteiger charge is 2.03. The molecule has 2 aromatic rings. The third-order valence-corrected chi connectivity index (χ3v) is 5.36. The lowest BCUT2D eigenvalue weighted by Gasteiger charge is -2.19. The summed E-state index contributed by atoms with van der Waals surface area (Å²) in [5.41, 5.74) is 3.87. The minimum atomic E-state index is 0.0631. The van der Waals surface area contributed by atoms with Gasteiger partial charge >= 0.3 is 0 Å². The summed E-state index contributed by atoms with van der Waals surface area (Å²) in [6.45, 7) is 14.8. The fraction of sp³-hybridized carbons (Fsp3) is 0.407. The summed E-state index contributed by atoms with van der Waals surface area (Å²) in [7, 11) is 0. The molecule has 160 valence electrons. The number of allylic oxidation sites excluding steroid dienone is 1. The lowest BCUT2D eigenvalue weighted by molar-refractivity contribution is 0.315. The maximum atomic E-state index is 3.60. The molecule has 0 saturated carbocycles. The van der Waals surface area contributed by atoms with Crippen LogP contribution in [0.15, 0.2) is 59.3 Å². The fourth-order valence-electron chi connectivity index (χ4n) is 2.92. The maximum Gasteiger partial charge on any atom is 0.0233 e. The van der Waals surface area contributed by atoms with Gasteiger partial charge in [-0.05, 0) is 79.9 Å². The van der Waals surface area contributed by atoms with Crippen molar-refractivity contribution >= 4 is 17.4 Å². The van der Waals surface area contributed by atoms with Crippen LogP contribution in [0.4, 0.5) is 0 Å². The average Bonchev–Trinajstić information content (AvgIpc) is 3.25. The van der Waals surface area contributed by atoms with E-state index in [0.717, 1.165) is 26.2 Å². The second-order valence-corrected chi connectivity index (χ2v) is 9.33. The summed E-state index contributed by atoms with van der Waals surface area (Å²) in [6, 6.07) is 11.2. The number of hydrogen-bond donors (Lipinski definition) is 1. The Labute approximate surface area is 187 Å². The summed E-state index contributed by atoms with van der Waals surface area (Å²) in [6.07, 6.45) is 8.59. The zero-order valence-electron chi connectivity index (χ0n) is 19.1. The van der Waals surface area contributed by atoms with Crippen LogP contribution in [0.3, 0.4) is 0 Å². The first-order valence-electron chi connectivity index (χ1n) is 10.8. The van der Waals surface area contributed by atoms with Gasteiger partial charge in [-0.3, -0.25) is 4.90 Å². The van der Waals surface area contributed by atoms with Crippen molar-refractivity contribution in [3.63, 3.8) is 0 Å². The van der Waals surface area contributed by atoms with Gasteiger partial charge in [0, 0.05) is 31.1 Å². The van der Waals surface area contributed by atoms with Crippen LogP contribution in [-0.2, 0) is 0 Å². The molecule has 0 spiro atoms. The van der Waals surface area contributed by atoms with Crippen molar-refractivity contribution in [2.45, 2.75) is 40.7 Å². The zero-order valence-corrected chi connectivity index (χ0v) is 19.9. The van der Waals surface area contributed by atoms with Crippen LogP contribution in [0.25, 0.3) is 17.2 Å². The van der Waals surface area contributed by atoms with Crippen molar-refractivity contribution in [2.24, 2.45) is 5.41 Å². The van der Waals surface area contributed by atoms with E-state index < -0.39 is 0 Å². The number of hydrogen-bond acceptors (Lipinski definition) is 3. The summed E-state index contributed by atoms with van der Waals surface area (Å²) < 4.78 is 0. The van der Waals surface area contributed by atoms with Crippen molar-refractivity contribution < 1.29 is 0 Å². The quantitative estimate of drug-likeness (QED) is 0.452. The van der Waals surface area contributed by atoms with E-state index in [1.54, 1.807) is 11.3 Å². The van der Waals surface area contributed by atoms with Crippen molar-refractivity contribution in [1.82, 2.24) is 10.2 Å². The van der Waals surface area contributed by atoms with E-state index in [0.29, 0.717) is 6.04 Å². The van der Waals surface area contributed by atoms with Crippen LogP contribution in [0.5, 0.6) is 0 Å². The molecule has 1 aromatic heterocycles. The lowest BCUT2D eigenvalue weighted by atomic mass is 9.98. The molecule has 0 aliphatic carbocycles. The van der Waals surface area contributed by atoms with E-state index in [1.807, 2.05) is 6.08 Å². The van der Waals surface area contributed by atoms with Crippen molar-refractivity contribution in [3.8, 4) is 23.0 Å². The SMILES string of the molecule is CCN(CC=CC#CC(C)(C)C)CCNC(C)C=Cc1cccc(-c2ccsc2)c1. The Balaban J connectivity index is 1.75. The Morgan fingerprint density at radius 2 is 2.03 bits per heavy atom. The summed E-state index contributed by atoms with van der Waals surface area (Å²) in [4.78, 5) is 2.42. The van der Waals surface area contributed by atoms with Gasteiger partial charge < -0.3 is 5.32 Å². The van der Waals surface area contributed by atoms with Gasteiger partial charge in [0.1, 0.15) is 0 Å². The molecular formula is C27H36N2S. The van der Waals surface area contributed by atoms with E-state index in [2.05, 4.69) is 116 Å². The molecule has 2 nitrogen and oxygen atoms in total. The van der Waals surface area contributed by atoms with Crippen LogP contribution >= 0.6 is 11.3 Å². The molecule has 30 heavy (non-hydrogen) atoms. The van der Waals surface area contributed by atoms with E-state index >= 15 is 0 Å².